The molecule has 2 N–H and O–H groups in total. The third-order valence-electron chi connectivity index (χ3n) is 3.56. The Hall–Kier alpha value is -2.81. The molecule has 0 radical (unpaired) electrons. The zero-order valence-corrected chi connectivity index (χ0v) is 11.6. The predicted molar refractivity (Wildman–Crippen MR) is 84.3 cm³/mol. The van der Waals surface area contributed by atoms with Gasteiger partial charge in [-0.3, -0.25) is 4.79 Å². The zero-order valence-electron chi connectivity index (χ0n) is 11.6. The highest BCUT2D eigenvalue weighted by Gasteiger charge is 2.16. The Balaban J connectivity index is 2.25. The summed E-state index contributed by atoms with van der Waals surface area (Å²) in [5.41, 5.74) is 2.93. The molecule has 3 rings (SSSR count). The fourth-order valence-corrected chi connectivity index (χ4v) is 2.45. The molecule has 0 bridgehead atoms. The summed E-state index contributed by atoms with van der Waals surface area (Å²) in [5.74, 6) is 0.0313. The molecule has 0 aliphatic heterocycles. The van der Waals surface area contributed by atoms with E-state index in [1.807, 2.05) is 60.7 Å². The number of aromatic hydroxyl groups is 1. The zero-order chi connectivity index (χ0) is 14.8. The van der Waals surface area contributed by atoms with Gasteiger partial charge in [0.2, 0.25) is 0 Å². The average Bonchev–Trinajstić information content (AvgIpc) is 2.53. The summed E-state index contributed by atoms with van der Waals surface area (Å²) in [7, 11) is 0. The maximum Gasteiger partial charge on any atom is 0.260 e. The van der Waals surface area contributed by atoms with E-state index in [9.17, 15) is 9.90 Å². The normalized spacial score (nSPS) is 10.5. The van der Waals surface area contributed by atoms with Gasteiger partial charge >= 0.3 is 0 Å². The van der Waals surface area contributed by atoms with Crippen molar-refractivity contribution in [3.05, 3.63) is 76.6 Å². The van der Waals surface area contributed by atoms with E-state index in [0.29, 0.717) is 22.4 Å². The molecule has 104 valence electrons. The largest absolute Gasteiger partial charge is 0.507 e. The van der Waals surface area contributed by atoms with Crippen LogP contribution in [0, 0.1) is 6.92 Å². The maximum absolute atomic E-state index is 12.4. The van der Waals surface area contributed by atoms with Crippen LogP contribution >= 0.6 is 0 Å². The number of nitrogens with one attached hydrogen (secondary N) is 1. The van der Waals surface area contributed by atoms with Gasteiger partial charge in [0.15, 0.2) is 0 Å². The number of H-pyrrole nitrogens is 1. The molecule has 3 aromatic rings. The standard InChI is InChI=1S/C18H15NO2/c1-12-16(14-10-6-3-7-11-14)19-18(21)15(17(12)20)13-8-4-2-5-9-13/h2-11H,1H3,(H2,19,20,21). The minimum absolute atomic E-state index is 0.0313. The minimum atomic E-state index is -0.289. The van der Waals surface area contributed by atoms with Gasteiger partial charge in [-0.2, -0.15) is 0 Å². The van der Waals surface area contributed by atoms with Crippen LogP contribution in [0.15, 0.2) is 65.5 Å². The van der Waals surface area contributed by atoms with E-state index in [0.717, 1.165) is 5.56 Å². The fraction of sp³-hybridized carbons (Fsp3) is 0.0556. The Labute approximate surface area is 122 Å². The Bertz CT molecular complexity index is 821. The third-order valence-corrected chi connectivity index (χ3v) is 3.56. The highest BCUT2D eigenvalue weighted by molar-refractivity contribution is 5.76. The van der Waals surface area contributed by atoms with E-state index in [1.165, 1.54) is 0 Å². The van der Waals surface area contributed by atoms with E-state index in [4.69, 9.17) is 0 Å². The predicted octanol–water partition coefficient (Wildman–Crippen LogP) is 3.72. The van der Waals surface area contributed by atoms with Crippen molar-refractivity contribution in [2.45, 2.75) is 6.92 Å². The van der Waals surface area contributed by atoms with Crippen molar-refractivity contribution in [3.8, 4) is 28.1 Å². The lowest BCUT2D eigenvalue weighted by Gasteiger charge is -2.12. The van der Waals surface area contributed by atoms with Crippen molar-refractivity contribution >= 4 is 0 Å². The SMILES string of the molecule is Cc1c(-c2ccccc2)[nH]c(=O)c(-c2ccccc2)c1O. The molecule has 1 heterocycles. The van der Waals surface area contributed by atoms with E-state index in [-0.39, 0.29) is 11.3 Å². The van der Waals surface area contributed by atoms with Crippen LogP contribution in [0.25, 0.3) is 22.4 Å². The first kappa shape index (κ1) is 13.2. The number of aromatic amines is 1. The molecule has 0 aliphatic carbocycles. The molecule has 21 heavy (non-hydrogen) atoms. The Kier molecular flexibility index (Phi) is 3.32. The second-order valence-corrected chi connectivity index (χ2v) is 4.91. The molecule has 0 fully saturated rings. The molecule has 2 aromatic carbocycles. The highest BCUT2D eigenvalue weighted by atomic mass is 16.3. The number of pyridine rings is 1. The van der Waals surface area contributed by atoms with Crippen molar-refractivity contribution < 1.29 is 5.11 Å². The molecule has 0 aliphatic rings. The van der Waals surface area contributed by atoms with Gasteiger partial charge in [-0.25, -0.2) is 0 Å². The summed E-state index contributed by atoms with van der Waals surface area (Å²) in [6.07, 6.45) is 0. The summed E-state index contributed by atoms with van der Waals surface area (Å²) >= 11 is 0. The lowest BCUT2D eigenvalue weighted by Crippen LogP contribution is -2.12. The van der Waals surface area contributed by atoms with Crippen LogP contribution in [-0.2, 0) is 0 Å². The lowest BCUT2D eigenvalue weighted by molar-refractivity contribution is 0.472. The van der Waals surface area contributed by atoms with Crippen molar-refractivity contribution in [1.82, 2.24) is 4.98 Å². The molecule has 0 atom stereocenters. The third kappa shape index (κ3) is 2.34. The summed E-state index contributed by atoms with van der Waals surface area (Å²) in [6.45, 7) is 1.81. The summed E-state index contributed by atoms with van der Waals surface area (Å²) in [6, 6.07) is 18.7. The van der Waals surface area contributed by atoms with E-state index in [1.54, 1.807) is 6.92 Å². The monoisotopic (exact) mass is 277 g/mol. The van der Waals surface area contributed by atoms with Crippen LogP contribution < -0.4 is 5.56 Å². The van der Waals surface area contributed by atoms with Gasteiger partial charge < -0.3 is 10.1 Å². The van der Waals surface area contributed by atoms with Crippen LogP contribution in [0.5, 0.6) is 5.75 Å². The Morgan fingerprint density at radius 2 is 1.38 bits per heavy atom. The van der Waals surface area contributed by atoms with Crippen LogP contribution in [0.1, 0.15) is 5.56 Å². The molecule has 0 unspecified atom stereocenters. The number of hydrogen-bond donors (Lipinski definition) is 2. The smallest absolute Gasteiger partial charge is 0.260 e. The van der Waals surface area contributed by atoms with Gasteiger partial charge in [0, 0.05) is 5.56 Å². The highest BCUT2D eigenvalue weighted by Crippen LogP contribution is 2.33. The Morgan fingerprint density at radius 3 is 1.95 bits per heavy atom. The summed E-state index contributed by atoms with van der Waals surface area (Å²) in [5, 5.41) is 10.5. The molecule has 3 heteroatoms. The van der Waals surface area contributed by atoms with Crippen molar-refractivity contribution in [1.29, 1.82) is 0 Å². The van der Waals surface area contributed by atoms with Crippen LogP contribution in [-0.4, -0.2) is 10.1 Å². The first-order valence-electron chi connectivity index (χ1n) is 6.75. The number of aromatic nitrogens is 1. The van der Waals surface area contributed by atoms with E-state index in [2.05, 4.69) is 4.98 Å². The first-order chi connectivity index (χ1) is 10.2. The molecule has 0 saturated carbocycles. The molecule has 1 aromatic heterocycles. The molecule has 0 amide bonds. The van der Waals surface area contributed by atoms with Gasteiger partial charge in [-0.15, -0.1) is 0 Å². The maximum atomic E-state index is 12.4. The van der Waals surface area contributed by atoms with Crippen molar-refractivity contribution in [2.24, 2.45) is 0 Å². The summed E-state index contributed by atoms with van der Waals surface area (Å²) in [4.78, 5) is 15.3. The van der Waals surface area contributed by atoms with Crippen LogP contribution in [0.4, 0.5) is 0 Å². The quantitative estimate of drug-likeness (QED) is 0.750. The van der Waals surface area contributed by atoms with Crippen molar-refractivity contribution in [3.63, 3.8) is 0 Å². The molecule has 0 saturated heterocycles. The topological polar surface area (TPSA) is 53.1 Å². The van der Waals surface area contributed by atoms with Gasteiger partial charge in [0.05, 0.1) is 11.3 Å². The molecular formula is C18H15NO2. The molecular weight excluding hydrogens is 262 g/mol. The summed E-state index contributed by atoms with van der Waals surface area (Å²) < 4.78 is 0. The fourth-order valence-electron chi connectivity index (χ4n) is 2.45. The Morgan fingerprint density at radius 1 is 0.857 bits per heavy atom. The van der Waals surface area contributed by atoms with Gasteiger partial charge in [-0.05, 0) is 18.1 Å². The lowest BCUT2D eigenvalue weighted by atomic mass is 10.00. The average molecular weight is 277 g/mol. The van der Waals surface area contributed by atoms with E-state index >= 15 is 0 Å². The molecule has 0 spiro atoms. The van der Waals surface area contributed by atoms with Gasteiger partial charge in [0.25, 0.3) is 5.56 Å². The second-order valence-electron chi connectivity index (χ2n) is 4.91. The van der Waals surface area contributed by atoms with Gasteiger partial charge in [-0.1, -0.05) is 60.7 Å². The van der Waals surface area contributed by atoms with Gasteiger partial charge in [0.1, 0.15) is 5.75 Å². The molecule has 3 nitrogen and oxygen atoms in total. The van der Waals surface area contributed by atoms with Crippen LogP contribution in [0.3, 0.4) is 0 Å². The minimum Gasteiger partial charge on any atom is -0.507 e. The first-order valence-corrected chi connectivity index (χ1v) is 6.75. The van der Waals surface area contributed by atoms with Crippen molar-refractivity contribution in [2.75, 3.05) is 0 Å². The van der Waals surface area contributed by atoms with Crippen LogP contribution in [0.2, 0.25) is 0 Å². The second kappa shape index (κ2) is 5.29. The number of benzene rings is 2. The number of rotatable bonds is 2. The van der Waals surface area contributed by atoms with E-state index < -0.39 is 0 Å². The number of hydrogen-bond acceptors (Lipinski definition) is 2.